The Balaban J connectivity index is 1.43. The summed E-state index contributed by atoms with van der Waals surface area (Å²) >= 11 is 0. The quantitative estimate of drug-likeness (QED) is 0.507. The van der Waals surface area contributed by atoms with Crippen LogP contribution in [0.4, 0.5) is 5.82 Å². The summed E-state index contributed by atoms with van der Waals surface area (Å²) in [4.78, 5) is 27.9. The van der Waals surface area contributed by atoms with Crippen LogP contribution in [0.2, 0.25) is 0 Å². The SMILES string of the molecule is NC(=O)c1cc(-c2ccn3nc(NC(=O)C4CC4)cc3c2)c(OC[C@H]2CNCCO2)cn1. The standard InChI is InChI=1S/C22H24N6O4/c23-21(29)18-9-17(19(11-25-18)32-12-16-10-24-4-6-31-16)14-3-5-28-15(7-14)8-20(27-28)26-22(30)13-1-2-13/h3,5,7-9,11,13,16,24H,1-2,4,6,10,12H2,(H2,23,29)(H,26,27,30)/t16-/m1/s1. The third-order valence-electron chi connectivity index (χ3n) is 5.52. The first kappa shape index (κ1) is 20.4. The second-order valence-corrected chi connectivity index (χ2v) is 8.02. The van der Waals surface area contributed by atoms with Gasteiger partial charge in [0.15, 0.2) is 5.82 Å². The van der Waals surface area contributed by atoms with Crippen molar-refractivity contribution in [3.63, 3.8) is 0 Å². The van der Waals surface area contributed by atoms with Gasteiger partial charge in [-0.05, 0) is 36.6 Å². The van der Waals surface area contributed by atoms with Crippen LogP contribution >= 0.6 is 0 Å². The molecular formula is C22H24N6O4. The van der Waals surface area contributed by atoms with Crippen LogP contribution in [0, 0.1) is 5.92 Å². The number of nitrogens with one attached hydrogen (secondary N) is 2. The van der Waals surface area contributed by atoms with E-state index in [1.165, 1.54) is 6.20 Å². The molecule has 5 rings (SSSR count). The largest absolute Gasteiger partial charge is 0.489 e. The minimum atomic E-state index is -0.617. The molecule has 1 atom stereocenters. The van der Waals surface area contributed by atoms with E-state index >= 15 is 0 Å². The van der Waals surface area contributed by atoms with Gasteiger partial charge in [-0.15, -0.1) is 0 Å². The summed E-state index contributed by atoms with van der Waals surface area (Å²) in [5.74, 6) is 0.514. The first-order valence-electron chi connectivity index (χ1n) is 10.6. The Morgan fingerprint density at radius 3 is 2.94 bits per heavy atom. The summed E-state index contributed by atoms with van der Waals surface area (Å²) in [7, 11) is 0. The van der Waals surface area contributed by atoms with Crippen LogP contribution in [0.5, 0.6) is 5.75 Å². The summed E-state index contributed by atoms with van der Waals surface area (Å²) < 4.78 is 13.4. The van der Waals surface area contributed by atoms with E-state index in [4.69, 9.17) is 15.2 Å². The van der Waals surface area contributed by atoms with Gasteiger partial charge in [-0.1, -0.05) is 0 Å². The van der Waals surface area contributed by atoms with Crippen molar-refractivity contribution in [2.24, 2.45) is 11.7 Å². The molecule has 10 nitrogen and oxygen atoms in total. The first-order valence-corrected chi connectivity index (χ1v) is 10.6. The molecule has 1 aliphatic carbocycles. The molecule has 3 aromatic heterocycles. The van der Waals surface area contributed by atoms with Gasteiger partial charge in [-0.2, -0.15) is 5.10 Å². The molecule has 1 saturated heterocycles. The van der Waals surface area contributed by atoms with Crippen molar-refractivity contribution >= 4 is 23.1 Å². The van der Waals surface area contributed by atoms with Crippen molar-refractivity contribution in [3.05, 3.63) is 42.4 Å². The Kier molecular flexibility index (Phi) is 5.46. The van der Waals surface area contributed by atoms with Crippen LogP contribution in [0.1, 0.15) is 23.3 Å². The highest BCUT2D eigenvalue weighted by atomic mass is 16.5. The number of aromatic nitrogens is 3. The van der Waals surface area contributed by atoms with E-state index < -0.39 is 5.91 Å². The fourth-order valence-electron chi connectivity index (χ4n) is 3.62. The van der Waals surface area contributed by atoms with Crippen LogP contribution in [-0.4, -0.2) is 58.8 Å². The third kappa shape index (κ3) is 4.41. The Morgan fingerprint density at radius 1 is 1.31 bits per heavy atom. The van der Waals surface area contributed by atoms with Gasteiger partial charge in [0, 0.05) is 36.8 Å². The lowest BCUT2D eigenvalue weighted by atomic mass is 10.1. The predicted molar refractivity (Wildman–Crippen MR) is 116 cm³/mol. The van der Waals surface area contributed by atoms with Gasteiger partial charge in [0.2, 0.25) is 5.91 Å². The number of morpholine rings is 1. The number of amides is 2. The molecule has 1 aliphatic heterocycles. The maximum atomic E-state index is 12.0. The van der Waals surface area contributed by atoms with E-state index in [0.29, 0.717) is 36.9 Å². The van der Waals surface area contributed by atoms with Crippen molar-refractivity contribution < 1.29 is 19.1 Å². The molecule has 0 unspecified atom stereocenters. The fraction of sp³-hybridized carbons (Fsp3) is 0.364. The van der Waals surface area contributed by atoms with Crippen LogP contribution < -0.4 is 21.1 Å². The molecule has 32 heavy (non-hydrogen) atoms. The minimum absolute atomic E-state index is 0.00368. The van der Waals surface area contributed by atoms with Gasteiger partial charge in [0.1, 0.15) is 24.2 Å². The molecule has 1 saturated carbocycles. The lowest BCUT2D eigenvalue weighted by Crippen LogP contribution is -2.41. The number of nitrogens with two attached hydrogens (primary N) is 1. The molecule has 4 N–H and O–H groups in total. The van der Waals surface area contributed by atoms with Crippen LogP contribution in [0.15, 0.2) is 36.7 Å². The Hall–Kier alpha value is -3.50. The van der Waals surface area contributed by atoms with Crippen LogP contribution in [-0.2, 0) is 9.53 Å². The number of nitrogens with zero attached hydrogens (tertiary/aromatic N) is 3. The van der Waals surface area contributed by atoms with E-state index in [-0.39, 0.29) is 23.6 Å². The summed E-state index contributed by atoms with van der Waals surface area (Å²) in [5, 5.41) is 10.5. The fourth-order valence-corrected chi connectivity index (χ4v) is 3.62. The molecule has 0 aromatic carbocycles. The maximum Gasteiger partial charge on any atom is 0.267 e. The third-order valence-corrected chi connectivity index (χ3v) is 5.52. The highest BCUT2D eigenvalue weighted by Crippen LogP contribution is 2.32. The van der Waals surface area contributed by atoms with E-state index in [1.54, 1.807) is 16.8 Å². The number of carbonyl (C=O) groups is 2. The van der Waals surface area contributed by atoms with Crippen LogP contribution in [0.25, 0.3) is 16.6 Å². The second-order valence-electron chi connectivity index (χ2n) is 8.02. The number of rotatable bonds is 7. The number of hydrogen-bond acceptors (Lipinski definition) is 7. The van der Waals surface area contributed by atoms with Crippen molar-refractivity contribution in [1.29, 1.82) is 0 Å². The predicted octanol–water partition coefficient (Wildman–Crippen LogP) is 1.21. The zero-order valence-corrected chi connectivity index (χ0v) is 17.4. The number of ether oxygens (including phenoxy) is 2. The Labute approximate surface area is 184 Å². The Bertz CT molecular complexity index is 1170. The number of fused-ring (bicyclic) bond motifs is 1. The van der Waals surface area contributed by atoms with E-state index in [2.05, 4.69) is 20.7 Å². The molecule has 4 heterocycles. The highest BCUT2D eigenvalue weighted by Gasteiger charge is 2.30. The number of anilines is 1. The van der Waals surface area contributed by atoms with E-state index in [9.17, 15) is 9.59 Å². The monoisotopic (exact) mass is 436 g/mol. The maximum absolute atomic E-state index is 12.0. The average molecular weight is 436 g/mol. The zero-order valence-electron chi connectivity index (χ0n) is 17.4. The average Bonchev–Trinajstić information content (AvgIpc) is 3.58. The molecule has 2 fully saturated rings. The summed E-state index contributed by atoms with van der Waals surface area (Å²) in [5.41, 5.74) is 7.87. The molecule has 0 radical (unpaired) electrons. The molecule has 2 amide bonds. The molecule has 166 valence electrons. The van der Waals surface area contributed by atoms with Gasteiger partial charge in [0.05, 0.1) is 18.3 Å². The van der Waals surface area contributed by atoms with Crippen molar-refractivity contribution in [3.8, 4) is 16.9 Å². The highest BCUT2D eigenvalue weighted by molar-refractivity contribution is 5.94. The molecule has 3 aromatic rings. The molecule has 0 bridgehead atoms. The zero-order chi connectivity index (χ0) is 22.1. The molecule has 0 spiro atoms. The normalized spacial score (nSPS) is 18.4. The minimum Gasteiger partial charge on any atom is -0.489 e. The van der Waals surface area contributed by atoms with Gasteiger partial charge in [-0.25, -0.2) is 9.50 Å². The van der Waals surface area contributed by atoms with E-state index in [1.807, 2.05) is 18.2 Å². The van der Waals surface area contributed by atoms with Crippen molar-refractivity contribution in [1.82, 2.24) is 19.9 Å². The summed E-state index contributed by atoms with van der Waals surface area (Å²) in [6.07, 6.45) is 5.09. The van der Waals surface area contributed by atoms with Gasteiger partial charge < -0.3 is 25.8 Å². The molecular weight excluding hydrogens is 412 g/mol. The summed E-state index contributed by atoms with van der Waals surface area (Å²) in [6.45, 7) is 2.52. The van der Waals surface area contributed by atoms with E-state index in [0.717, 1.165) is 30.5 Å². The van der Waals surface area contributed by atoms with Gasteiger partial charge in [-0.3, -0.25) is 9.59 Å². The lowest BCUT2D eigenvalue weighted by molar-refractivity contribution is -0.117. The van der Waals surface area contributed by atoms with Crippen molar-refractivity contribution in [2.45, 2.75) is 18.9 Å². The topological polar surface area (TPSA) is 133 Å². The van der Waals surface area contributed by atoms with Gasteiger partial charge in [0.25, 0.3) is 5.91 Å². The van der Waals surface area contributed by atoms with Gasteiger partial charge >= 0.3 is 0 Å². The smallest absolute Gasteiger partial charge is 0.267 e. The van der Waals surface area contributed by atoms with Crippen LogP contribution in [0.3, 0.4) is 0 Å². The number of pyridine rings is 2. The summed E-state index contributed by atoms with van der Waals surface area (Å²) in [6, 6.07) is 7.20. The Morgan fingerprint density at radius 2 is 2.19 bits per heavy atom. The number of hydrogen-bond donors (Lipinski definition) is 3. The van der Waals surface area contributed by atoms with Crippen molar-refractivity contribution in [2.75, 3.05) is 31.6 Å². The lowest BCUT2D eigenvalue weighted by Gasteiger charge is -2.24. The molecule has 10 heteroatoms. The second kappa shape index (κ2) is 8.56. The first-order chi connectivity index (χ1) is 15.6. The molecule has 2 aliphatic rings. The number of primary amides is 1. The number of carbonyl (C=O) groups excluding carboxylic acids is 2.